The maximum absolute atomic E-state index is 12.6. The van der Waals surface area contributed by atoms with Gasteiger partial charge < -0.3 is 14.4 Å². The van der Waals surface area contributed by atoms with Crippen LogP contribution in [-0.4, -0.2) is 41.3 Å². The molecule has 0 unspecified atom stereocenters. The van der Waals surface area contributed by atoms with Crippen LogP contribution in [0.5, 0.6) is 0 Å². The molecule has 1 aliphatic heterocycles. The molecule has 27 heavy (non-hydrogen) atoms. The maximum atomic E-state index is 12.6. The average molecular weight is 382 g/mol. The van der Waals surface area contributed by atoms with Gasteiger partial charge in [0.1, 0.15) is 11.2 Å². The summed E-state index contributed by atoms with van der Waals surface area (Å²) in [6, 6.07) is 0. The smallest absolute Gasteiger partial charge is 0.410 e. The zero-order chi connectivity index (χ0) is 20.8. The topological polar surface area (TPSA) is 55.8 Å². The Hall–Kier alpha value is -1.52. The zero-order valence-electron chi connectivity index (χ0n) is 18.6. The molecule has 0 atom stereocenters. The van der Waals surface area contributed by atoms with Crippen LogP contribution in [0.3, 0.4) is 0 Å². The Kier molecular flexibility index (Phi) is 8.37. The summed E-state index contributed by atoms with van der Waals surface area (Å²) < 4.78 is 11.0. The molecule has 5 heteroatoms. The lowest BCUT2D eigenvalue weighted by Crippen LogP contribution is -2.41. The van der Waals surface area contributed by atoms with Crippen LogP contribution in [0.4, 0.5) is 4.79 Å². The lowest BCUT2D eigenvalue weighted by atomic mass is 9.89. The number of likely N-dealkylation sites (tertiary alicyclic amines) is 1. The Balaban J connectivity index is 2.66. The highest BCUT2D eigenvalue weighted by molar-refractivity contribution is 5.88. The summed E-state index contributed by atoms with van der Waals surface area (Å²) in [5.74, 6) is 0.670. The van der Waals surface area contributed by atoms with E-state index in [4.69, 9.17) is 9.47 Å². The van der Waals surface area contributed by atoms with Crippen LogP contribution in [0.15, 0.2) is 11.6 Å². The highest BCUT2D eigenvalue weighted by Crippen LogP contribution is 2.27. The third-order valence-corrected chi connectivity index (χ3v) is 4.27. The van der Waals surface area contributed by atoms with Crippen LogP contribution < -0.4 is 0 Å². The second-order valence-electron chi connectivity index (χ2n) is 9.98. The Labute approximate surface area is 165 Å². The third-order valence-electron chi connectivity index (χ3n) is 4.27. The van der Waals surface area contributed by atoms with E-state index in [9.17, 15) is 9.59 Å². The van der Waals surface area contributed by atoms with E-state index in [0.29, 0.717) is 31.3 Å². The molecule has 1 aliphatic rings. The molecule has 0 saturated carbocycles. The van der Waals surface area contributed by atoms with Crippen LogP contribution in [0.25, 0.3) is 0 Å². The number of ether oxygens (including phenoxy) is 2. The van der Waals surface area contributed by atoms with E-state index in [0.717, 1.165) is 24.8 Å². The number of carbonyl (C=O) groups excluding carboxylic acids is 2. The molecule has 1 amide bonds. The standard InChI is InChI=1S/C22H39NO4/c1-16(2)9-10-18(19(24)26-21(3,4)5)15-17-11-13-23(14-12-17)20(25)27-22(6,7)8/h10,16-17H,9,11-15H2,1-8H3. The molecule has 1 saturated heterocycles. The largest absolute Gasteiger partial charge is 0.457 e. The number of nitrogens with zero attached hydrogens (tertiary/aromatic N) is 1. The van der Waals surface area contributed by atoms with Crippen LogP contribution in [0, 0.1) is 11.8 Å². The van der Waals surface area contributed by atoms with Gasteiger partial charge in [0.25, 0.3) is 0 Å². The number of carbonyl (C=O) groups is 2. The first kappa shape index (κ1) is 23.5. The van der Waals surface area contributed by atoms with Gasteiger partial charge in [0.15, 0.2) is 0 Å². The molecule has 0 spiro atoms. The lowest BCUT2D eigenvalue weighted by Gasteiger charge is -2.33. The van der Waals surface area contributed by atoms with Crippen molar-refractivity contribution in [2.45, 2.75) is 92.3 Å². The quantitative estimate of drug-likeness (QED) is 0.476. The molecule has 0 aromatic carbocycles. The minimum atomic E-state index is -0.492. The highest BCUT2D eigenvalue weighted by Gasteiger charge is 2.29. The Morgan fingerprint density at radius 3 is 1.96 bits per heavy atom. The van der Waals surface area contributed by atoms with Crippen molar-refractivity contribution in [3.8, 4) is 0 Å². The predicted molar refractivity (Wildman–Crippen MR) is 109 cm³/mol. The van der Waals surface area contributed by atoms with Gasteiger partial charge in [0, 0.05) is 18.7 Å². The van der Waals surface area contributed by atoms with Gasteiger partial charge in [-0.2, -0.15) is 0 Å². The minimum absolute atomic E-state index is 0.210. The molecule has 0 aromatic rings. The second kappa shape index (κ2) is 9.61. The van der Waals surface area contributed by atoms with Gasteiger partial charge in [-0.15, -0.1) is 0 Å². The summed E-state index contributed by atoms with van der Waals surface area (Å²) in [5, 5.41) is 0. The first-order valence-corrected chi connectivity index (χ1v) is 10.2. The number of piperidine rings is 1. The van der Waals surface area contributed by atoms with Gasteiger partial charge in [0.2, 0.25) is 0 Å². The van der Waals surface area contributed by atoms with Crippen molar-refractivity contribution in [2.75, 3.05) is 13.1 Å². The number of rotatable bonds is 5. The van der Waals surface area contributed by atoms with Crippen molar-refractivity contribution in [3.63, 3.8) is 0 Å². The van der Waals surface area contributed by atoms with Gasteiger partial charge in [-0.3, -0.25) is 0 Å². The first-order chi connectivity index (χ1) is 12.3. The molecular formula is C22H39NO4. The molecule has 156 valence electrons. The van der Waals surface area contributed by atoms with Gasteiger partial charge >= 0.3 is 12.1 Å². The number of hydrogen-bond acceptors (Lipinski definition) is 4. The van der Waals surface area contributed by atoms with Crippen molar-refractivity contribution in [1.82, 2.24) is 4.90 Å². The van der Waals surface area contributed by atoms with Gasteiger partial charge in [-0.1, -0.05) is 19.9 Å². The molecule has 0 aliphatic carbocycles. The van der Waals surface area contributed by atoms with Crippen molar-refractivity contribution < 1.29 is 19.1 Å². The number of hydrogen-bond donors (Lipinski definition) is 0. The second-order valence-corrected chi connectivity index (χ2v) is 9.98. The molecule has 0 N–H and O–H groups in total. The lowest BCUT2D eigenvalue weighted by molar-refractivity contribution is -0.150. The van der Waals surface area contributed by atoms with Gasteiger partial charge in [-0.25, -0.2) is 9.59 Å². The Bertz CT molecular complexity index is 529. The summed E-state index contributed by atoms with van der Waals surface area (Å²) in [5.41, 5.74) is -0.194. The van der Waals surface area contributed by atoms with Gasteiger partial charge in [0.05, 0.1) is 0 Å². The van der Waals surface area contributed by atoms with Crippen LogP contribution in [0.1, 0.15) is 81.1 Å². The third kappa shape index (κ3) is 9.83. The number of esters is 1. The summed E-state index contributed by atoms with van der Waals surface area (Å²) in [6.45, 7) is 16.9. The normalized spacial score (nSPS) is 17.2. The van der Waals surface area contributed by atoms with Crippen molar-refractivity contribution in [3.05, 3.63) is 11.6 Å². The summed E-state index contributed by atoms with van der Waals surface area (Å²) in [4.78, 5) is 26.6. The van der Waals surface area contributed by atoms with E-state index in [2.05, 4.69) is 13.8 Å². The molecular weight excluding hydrogens is 342 g/mol. The van der Waals surface area contributed by atoms with E-state index in [-0.39, 0.29) is 12.1 Å². The van der Waals surface area contributed by atoms with Crippen LogP contribution in [-0.2, 0) is 14.3 Å². The van der Waals surface area contributed by atoms with Crippen molar-refractivity contribution in [1.29, 1.82) is 0 Å². The fourth-order valence-electron chi connectivity index (χ4n) is 2.93. The summed E-state index contributed by atoms with van der Waals surface area (Å²) in [6.07, 6.45) is 5.12. The highest BCUT2D eigenvalue weighted by atomic mass is 16.6. The average Bonchev–Trinajstić information content (AvgIpc) is 2.48. The van der Waals surface area contributed by atoms with Crippen LogP contribution >= 0.6 is 0 Å². The minimum Gasteiger partial charge on any atom is -0.457 e. The van der Waals surface area contributed by atoms with Gasteiger partial charge in [-0.05, 0) is 79.1 Å². The molecule has 5 nitrogen and oxygen atoms in total. The number of allylic oxidation sites excluding steroid dienone is 1. The molecule has 0 bridgehead atoms. The molecule has 0 radical (unpaired) electrons. The zero-order valence-corrected chi connectivity index (χ0v) is 18.6. The fraction of sp³-hybridized carbons (Fsp3) is 0.818. The number of amides is 1. The van der Waals surface area contributed by atoms with Crippen molar-refractivity contribution >= 4 is 12.1 Å². The van der Waals surface area contributed by atoms with E-state index in [1.807, 2.05) is 47.6 Å². The van der Waals surface area contributed by atoms with E-state index < -0.39 is 11.2 Å². The van der Waals surface area contributed by atoms with E-state index >= 15 is 0 Å². The molecule has 1 heterocycles. The molecule has 0 aromatic heterocycles. The fourth-order valence-corrected chi connectivity index (χ4v) is 2.93. The van der Waals surface area contributed by atoms with Crippen molar-refractivity contribution in [2.24, 2.45) is 11.8 Å². The first-order valence-electron chi connectivity index (χ1n) is 10.2. The predicted octanol–water partition coefficient (Wildman–Crippen LogP) is 5.34. The SMILES string of the molecule is CC(C)CC=C(CC1CCN(C(=O)OC(C)(C)C)CC1)C(=O)OC(C)(C)C. The Morgan fingerprint density at radius 1 is 1.00 bits per heavy atom. The van der Waals surface area contributed by atoms with E-state index in [1.54, 1.807) is 4.90 Å². The monoisotopic (exact) mass is 381 g/mol. The summed E-state index contributed by atoms with van der Waals surface area (Å²) >= 11 is 0. The van der Waals surface area contributed by atoms with E-state index in [1.165, 1.54) is 0 Å². The molecule has 1 rings (SSSR count). The van der Waals surface area contributed by atoms with Crippen LogP contribution in [0.2, 0.25) is 0 Å². The molecule has 1 fully saturated rings. The summed E-state index contributed by atoms with van der Waals surface area (Å²) in [7, 11) is 0. The maximum Gasteiger partial charge on any atom is 0.410 e. The Morgan fingerprint density at radius 2 is 1.52 bits per heavy atom.